The SMILES string of the molecule is COc1cccc(Nc2nc(-c3cccc(NC(=O)c4ccc5ccccc5c4)c3)cs2)c1. The predicted octanol–water partition coefficient (Wildman–Crippen LogP) is 6.97. The predicted molar refractivity (Wildman–Crippen MR) is 136 cm³/mol. The number of amides is 1. The van der Waals surface area contributed by atoms with E-state index in [0.29, 0.717) is 5.56 Å². The fraction of sp³-hybridized carbons (Fsp3) is 0.0370. The van der Waals surface area contributed by atoms with E-state index in [-0.39, 0.29) is 5.91 Å². The van der Waals surface area contributed by atoms with Crippen LogP contribution >= 0.6 is 11.3 Å². The maximum absolute atomic E-state index is 12.8. The van der Waals surface area contributed by atoms with Gasteiger partial charge in [0.05, 0.1) is 12.8 Å². The van der Waals surface area contributed by atoms with Crippen LogP contribution in [0.3, 0.4) is 0 Å². The zero-order valence-corrected chi connectivity index (χ0v) is 18.7. The zero-order valence-electron chi connectivity index (χ0n) is 17.9. The highest BCUT2D eigenvalue weighted by Gasteiger charge is 2.10. The number of rotatable bonds is 6. The molecule has 1 heterocycles. The molecule has 6 heteroatoms. The Hall–Kier alpha value is -4.16. The number of carbonyl (C=O) groups is 1. The molecule has 2 N–H and O–H groups in total. The van der Waals surface area contributed by atoms with Gasteiger partial charge >= 0.3 is 0 Å². The van der Waals surface area contributed by atoms with E-state index in [4.69, 9.17) is 9.72 Å². The highest BCUT2D eigenvalue weighted by molar-refractivity contribution is 7.14. The molecule has 162 valence electrons. The van der Waals surface area contributed by atoms with E-state index in [1.807, 2.05) is 96.4 Å². The number of nitrogens with zero attached hydrogens (tertiary/aromatic N) is 1. The molecular weight excluding hydrogens is 430 g/mol. The minimum atomic E-state index is -0.142. The lowest BCUT2D eigenvalue weighted by Crippen LogP contribution is -2.11. The minimum absolute atomic E-state index is 0.142. The van der Waals surface area contributed by atoms with E-state index < -0.39 is 0 Å². The second kappa shape index (κ2) is 9.14. The van der Waals surface area contributed by atoms with Gasteiger partial charge in [-0.15, -0.1) is 11.3 Å². The summed E-state index contributed by atoms with van der Waals surface area (Å²) < 4.78 is 5.27. The van der Waals surface area contributed by atoms with E-state index in [9.17, 15) is 4.79 Å². The van der Waals surface area contributed by atoms with E-state index in [1.165, 1.54) is 11.3 Å². The summed E-state index contributed by atoms with van der Waals surface area (Å²) in [5.74, 6) is 0.642. The van der Waals surface area contributed by atoms with Gasteiger partial charge in [0, 0.05) is 33.9 Å². The van der Waals surface area contributed by atoms with E-state index in [2.05, 4.69) is 10.6 Å². The number of benzene rings is 4. The van der Waals surface area contributed by atoms with Crippen molar-refractivity contribution in [3.05, 3.63) is 102 Å². The third-order valence-electron chi connectivity index (χ3n) is 5.25. The Labute approximate surface area is 195 Å². The van der Waals surface area contributed by atoms with Crippen molar-refractivity contribution in [2.75, 3.05) is 17.7 Å². The molecule has 1 aromatic heterocycles. The number of carbonyl (C=O) groups excluding carboxylic acids is 1. The third kappa shape index (κ3) is 4.71. The first-order chi connectivity index (χ1) is 16.2. The van der Waals surface area contributed by atoms with Crippen molar-refractivity contribution >= 4 is 44.5 Å². The number of aromatic nitrogens is 1. The summed E-state index contributed by atoms with van der Waals surface area (Å²) in [6, 6.07) is 29.1. The molecule has 0 aliphatic rings. The van der Waals surface area contributed by atoms with Crippen LogP contribution in [0.2, 0.25) is 0 Å². The van der Waals surface area contributed by atoms with Gasteiger partial charge in [0.25, 0.3) is 5.91 Å². The van der Waals surface area contributed by atoms with Crippen LogP contribution in [0, 0.1) is 0 Å². The highest BCUT2D eigenvalue weighted by atomic mass is 32.1. The van der Waals surface area contributed by atoms with Gasteiger partial charge in [0.15, 0.2) is 5.13 Å². The Morgan fingerprint density at radius 2 is 1.67 bits per heavy atom. The fourth-order valence-electron chi connectivity index (χ4n) is 3.58. The summed E-state index contributed by atoms with van der Waals surface area (Å²) in [4.78, 5) is 17.5. The summed E-state index contributed by atoms with van der Waals surface area (Å²) in [6.07, 6.45) is 0. The van der Waals surface area contributed by atoms with Gasteiger partial charge in [0.1, 0.15) is 5.75 Å². The van der Waals surface area contributed by atoms with Crippen LogP contribution in [0.15, 0.2) is 96.4 Å². The average Bonchev–Trinajstić information content (AvgIpc) is 3.32. The molecule has 5 rings (SSSR count). The molecule has 0 fully saturated rings. The smallest absolute Gasteiger partial charge is 0.255 e. The molecule has 0 spiro atoms. The zero-order chi connectivity index (χ0) is 22.6. The quantitative estimate of drug-likeness (QED) is 0.293. The van der Waals surface area contributed by atoms with Gasteiger partial charge < -0.3 is 15.4 Å². The number of ether oxygens (including phenoxy) is 1. The number of hydrogen-bond donors (Lipinski definition) is 2. The standard InChI is InChI=1S/C27H21N3O2S/c1-32-24-11-5-10-23(16-24)29-27-30-25(17-33-27)20-8-4-9-22(15-20)28-26(31)21-13-12-18-6-2-3-7-19(18)14-21/h2-17H,1H3,(H,28,31)(H,29,30). The van der Waals surface area contributed by atoms with Crippen molar-refractivity contribution in [3.8, 4) is 17.0 Å². The van der Waals surface area contributed by atoms with Crippen LogP contribution in [-0.2, 0) is 0 Å². The van der Waals surface area contributed by atoms with Gasteiger partial charge in [0.2, 0.25) is 0 Å². The maximum atomic E-state index is 12.8. The Kier molecular flexibility index (Phi) is 5.74. The lowest BCUT2D eigenvalue weighted by atomic mass is 10.1. The molecule has 0 saturated carbocycles. The normalized spacial score (nSPS) is 10.7. The lowest BCUT2D eigenvalue weighted by molar-refractivity contribution is 0.102. The molecule has 1 amide bonds. The molecule has 33 heavy (non-hydrogen) atoms. The van der Waals surface area contributed by atoms with Gasteiger partial charge in [-0.05, 0) is 47.2 Å². The molecule has 0 radical (unpaired) electrons. The summed E-state index contributed by atoms with van der Waals surface area (Å²) in [7, 11) is 1.65. The Balaban J connectivity index is 1.32. The van der Waals surface area contributed by atoms with E-state index in [0.717, 1.165) is 44.3 Å². The number of nitrogens with one attached hydrogen (secondary N) is 2. The van der Waals surface area contributed by atoms with Gasteiger partial charge in [-0.3, -0.25) is 4.79 Å². The van der Waals surface area contributed by atoms with Crippen molar-refractivity contribution < 1.29 is 9.53 Å². The molecule has 0 aliphatic carbocycles. The Morgan fingerprint density at radius 3 is 2.55 bits per heavy atom. The van der Waals surface area contributed by atoms with Crippen LogP contribution in [0.25, 0.3) is 22.0 Å². The van der Waals surface area contributed by atoms with Crippen LogP contribution in [-0.4, -0.2) is 18.0 Å². The van der Waals surface area contributed by atoms with Crippen molar-refractivity contribution in [2.24, 2.45) is 0 Å². The lowest BCUT2D eigenvalue weighted by Gasteiger charge is -2.08. The van der Waals surface area contributed by atoms with Gasteiger partial charge in [-0.2, -0.15) is 0 Å². The van der Waals surface area contributed by atoms with Gasteiger partial charge in [-0.1, -0.05) is 48.5 Å². The molecular formula is C27H21N3O2S. The second-order valence-corrected chi connectivity index (χ2v) is 8.35. The maximum Gasteiger partial charge on any atom is 0.255 e. The number of methoxy groups -OCH3 is 1. The summed E-state index contributed by atoms with van der Waals surface area (Å²) >= 11 is 1.52. The number of thiazole rings is 1. The number of anilines is 3. The largest absolute Gasteiger partial charge is 0.497 e. The monoisotopic (exact) mass is 451 g/mol. The Morgan fingerprint density at radius 1 is 0.848 bits per heavy atom. The molecule has 0 saturated heterocycles. The molecule has 4 aromatic carbocycles. The average molecular weight is 452 g/mol. The Bertz CT molecular complexity index is 1440. The molecule has 0 aliphatic heterocycles. The minimum Gasteiger partial charge on any atom is -0.497 e. The number of hydrogen-bond acceptors (Lipinski definition) is 5. The number of fused-ring (bicyclic) bond motifs is 1. The summed E-state index contributed by atoms with van der Waals surface area (Å²) in [6.45, 7) is 0. The summed E-state index contributed by atoms with van der Waals surface area (Å²) in [5, 5.41) is 11.2. The van der Waals surface area contributed by atoms with Crippen LogP contribution in [0.5, 0.6) is 5.75 Å². The first-order valence-corrected chi connectivity index (χ1v) is 11.3. The first-order valence-electron chi connectivity index (χ1n) is 10.5. The van der Waals surface area contributed by atoms with Crippen molar-refractivity contribution in [1.29, 1.82) is 0 Å². The molecule has 0 bridgehead atoms. The van der Waals surface area contributed by atoms with Crippen molar-refractivity contribution in [2.45, 2.75) is 0 Å². The molecule has 5 nitrogen and oxygen atoms in total. The molecule has 5 aromatic rings. The first kappa shape index (κ1) is 20.7. The van der Waals surface area contributed by atoms with E-state index >= 15 is 0 Å². The summed E-state index contributed by atoms with van der Waals surface area (Å²) in [5.41, 5.74) is 4.03. The van der Waals surface area contributed by atoms with Crippen molar-refractivity contribution in [3.63, 3.8) is 0 Å². The molecule has 0 atom stereocenters. The van der Waals surface area contributed by atoms with Crippen LogP contribution < -0.4 is 15.4 Å². The fourth-order valence-corrected chi connectivity index (χ4v) is 4.32. The van der Waals surface area contributed by atoms with Gasteiger partial charge in [-0.25, -0.2) is 4.98 Å². The molecule has 0 unspecified atom stereocenters. The highest BCUT2D eigenvalue weighted by Crippen LogP contribution is 2.29. The topological polar surface area (TPSA) is 63.2 Å². The third-order valence-corrected chi connectivity index (χ3v) is 6.01. The van der Waals surface area contributed by atoms with Crippen LogP contribution in [0.1, 0.15) is 10.4 Å². The van der Waals surface area contributed by atoms with Crippen LogP contribution in [0.4, 0.5) is 16.5 Å². The second-order valence-electron chi connectivity index (χ2n) is 7.49. The van der Waals surface area contributed by atoms with E-state index in [1.54, 1.807) is 7.11 Å². The van der Waals surface area contributed by atoms with Crippen molar-refractivity contribution in [1.82, 2.24) is 4.98 Å².